The highest BCUT2D eigenvalue weighted by Gasteiger charge is 2.17. The number of likely N-dealkylation sites (tertiary alicyclic amines) is 1. The molecule has 1 atom stereocenters. The van der Waals surface area contributed by atoms with Crippen LogP contribution in [0, 0.1) is 0 Å². The van der Waals surface area contributed by atoms with Crippen molar-refractivity contribution in [3.8, 4) is 0 Å². The first-order chi connectivity index (χ1) is 8.75. The van der Waals surface area contributed by atoms with E-state index in [9.17, 15) is 0 Å². The first-order valence-electron chi connectivity index (χ1n) is 7.12. The van der Waals surface area contributed by atoms with Crippen molar-refractivity contribution in [1.29, 1.82) is 0 Å². The van der Waals surface area contributed by atoms with Crippen molar-refractivity contribution < 1.29 is 0 Å². The molecule has 18 heavy (non-hydrogen) atoms. The zero-order valence-electron chi connectivity index (χ0n) is 11.6. The van der Waals surface area contributed by atoms with Crippen LogP contribution in [0.25, 0.3) is 0 Å². The van der Waals surface area contributed by atoms with Gasteiger partial charge in [-0.25, -0.2) is 0 Å². The Morgan fingerprint density at radius 1 is 1.28 bits per heavy atom. The van der Waals surface area contributed by atoms with E-state index in [1.54, 1.807) is 0 Å². The van der Waals surface area contributed by atoms with Crippen molar-refractivity contribution in [1.82, 2.24) is 15.2 Å². The molecule has 0 aromatic carbocycles. The lowest BCUT2D eigenvalue weighted by molar-refractivity contribution is 0.229. The zero-order chi connectivity index (χ0) is 12.8. The molecule has 0 saturated carbocycles. The molecule has 1 N–H and O–H groups in total. The normalized spacial score (nSPS) is 22.1. The molecule has 1 saturated heterocycles. The Labute approximate surface area is 111 Å². The fraction of sp³-hybridized carbons (Fsp3) is 0.667. The first kappa shape index (κ1) is 13.5. The largest absolute Gasteiger partial charge is 0.310 e. The summed E-state index contributed by atoms with van der Waals surface area (Å²) in [5.74, 6) is 0. The van der Waals surface area contributed by atoms with Crippen molar-refractivity contribution in [3.05, 3.63) is 30.1 Å². The van der Waals surface area contributed by atoms with Crippen LogP contribution in [0.3, 0.4) is 0 Å². The highest BCUT2D eigenvalue weighted by atomic mass is 15.1. The van der Waals surface area contributed by atoms with Crippen LogP contribution in [0.5, 0.6) is 0 Å². The van der Waals surface area contributed by atoms with Crippen molar-refractivity contribution >= 4 is 0 Å². The van der Waals surface area contributed by atoms with Crippen LogP contribution in [0.4, 0.5) is 0 Å². The standard InChI is InChI=1S/C15H25N3/c1-13(2)18-10-3-4-15(7-11-18)17-12-14-5-8-16-9-6-14/h5-6,8-9,13,15,17H,3-4,7,10-12H2,1-2H3. The second-order valence-electron chi connectivity index (χ2n) is 5.49. The lowest BCUT2D eigenvalue weighted by Gasteiger charge is -2.24. The van der Waals surface area contributed by atoms with Crippen LogP contribution in [0.2, 0.25) is 0 Å². The smallest absolute Gasteiger partial charge is 0.0271 e. The van der Waals surface area contributed by atoms with E-state index in [1.807, 2.05) is 12.4 Å². The summed E-state index contributed by atoms with van der Waals surface area (Å²) in [7, 11) is 0. The lowest BCUT2D eigenvalue weighted by Crippen LogP contribution is -2.33. The van der Waals surface area contributed by atoms with E-state index in [-0.39, 0.29) is 0 Å². The van der Waals surface area contributed by atoms with Crippen LogP contribution in [0.1, 0.15) is 38.7 Å². The van der Waals surface area contributed by atoms with E-state index in [0.717, 1.165) is 6.54 Å². The molecule has 1 aliphatic heterocycles. The van der Waals surface area contributed by atoms with Crippen LogP contribution in [-0.2, 0) is 6.54 Å². The molecule has 0 aliphatic carbocycles. The summed E-state index contributed by atoms with van der Waals surface area (Å²) in [6.07, 6.45) is 7.61. The molecule has 100 valence electrons. The number of hydrogen-bond acceptors (Lipinski definition) is 3. The van der Waals surface area contributed by atoms with Gasteiger partial charge in [-0.1, -0.05) is 0 Å². The Kier molecular flexibility index (Phi) is 5.14. The second-order valence-corrected chi connectivity index (χ2v) is 5.49. The highest BCUT2D eigenvalue weighted by Crippen LogP contribution is 2.13. The van der Waals surface area contributed by atoms with Gasteiger partial charge in [0.1, 0.15) is 0 Å². The van der Waals surface area contributed by atoms with Crippen molar-refractivity contribution in [2.24, 2.45) is 0 Å². The van der Waals surface area contributed by atoms with Gasteiger partial charge >= 0.3 is 0 Å². The number of hydrogen-bond donors (Lipinski definition) is 1. The minimum Gasteiger partial charge on any atom is -0.310 e. The molecular weight excluding hydrogens is 222 g/mol. The molecule has 0 radical (unpaired) electrons. The topological polar surface area (TPSA) is 28.2 Å². The number of pyridine rings is 1. The van der Waals surface area contributed by atoms with Crippen LogP contribution in [-0.4, -0.2) is 35.1 Å². The van der Waals surface area contributed by atoms with Gasteiger partial charge < -0.3 is 10.2 Å². The maximum Gasteiger partial charge on any atom is 0.0271 e. The maximum atomic E-state index is 4.05. The molecule has 0 amide bonds. The SMILES string of the molecule is CC(C)N1CCCC(NCc2ccncc2)CC1. The minimum atomic E-state index is 0.668. The van der Waals surface area contributed by atoms with Crippen molar-refractivity contribution in [2.75, 3.05) is 13.1 Å². The Morgan fingerprint density at radius 3 is 2.78 bits per heavy atom. The Bertz CT molecular complexity index is 337. The predicted octanol–water partition coefficient (Wildman–Crippen LogP) is 2.43. The summed E-state index contributed by atoms with van der Waals surface area (Å²) in [4.78, 5) is 6.64. The molecule has 3 heteroatoms. The van der Waals surface area contributed by atoms with Gasteiger partial charge in [0.05, 0.1) is 0 Å². The maximum absolute atomic E-state index is 4.05. The van der Waals surface area contributed by atoms with Gasteiger partial charge in [0.25, 0.3) is 0 Å². The van der Waals surface area contributed by atoms with E-state index < -0.39 is 0 Å². The van der Waals surface area contributed by atoms with Crippen molar-refractivity contribution in [2.45, 2.75) is 51.7 Å². The third kappa shape index (κ3) is 4.07. The number of nitrogens with one attached hydrogen (secondary N) is 1. The third-order valence-electron chi connectivity index (χ3n) is 3.84. The monoisotopic (exact) mass is 247 g/mol. The fourth-order valence-electron chi connectivity index (χ4n) is 2.60. The average molecular weight is 247 g/mol. The molecule has 1 aromatic rings. The van der Waals surface area contributed by atoms with Gasteiger partial charge in [-0.2, -0.15) is 0 Å². The quantitative estimate of drug-likeness (QED) is 0.885. The van der Waals surface area contributed by atoms with Gasteiger partial charge in [-0.15, -0.1) is 0 Å². The first-order valence-corrected chi connectivity index (χ1v) is 7.12. The lowest BCUT2D eigenvalue weighted by atomic mass is 10.1. The summed E-state index contributed by atoms with van der Waals surface area (Å²) in [5.41, 5.74) is 1.33. The molecule has 2 heterocycles. The number of rotatable bonds is 4. The van der Waals surface area contributed by atoms with Gasteiger partial charge in [0, 0.05) is 31.0 Å². The average Bonchev–Trinajstić information content (AvgIpc) is 2.63. The summed E-state index contributed by atoms with van der Waals surface area (Å²) in [6, 6.07) is 5.53. The molecule has 1 aliphatic rings. The molecule has 1 aromatic heterocycles. The molecule has 1 fully saturated rings. The van der Waals surface area contributed by atoms with E-state index in [1.165, 1.54) is 37.9 Å². The van der Waals surface area contributed by atoms with Gasteiger partial charge in [0.2, 0.25) is 0 Å². The Hall–Kier alpha value is -0.930. The van der Waals surface area contributed by atoms with Gasteiger partial charge in [-0.05, 0) is 63.9 Å². The molecular formula is C15H25N3. The summed E-state index contributed by atoms with van der Waals surface area (Å²) in [6.45, 7) is 8.04. The molecule has 0 bridgehead atoms. The molecule has 1 unspecified atom stereocenters. The fourth-order valence-corrected chi connectivity index (χ4v) is 2.60. The van der Waals surface area contributed by atoms with E-state index >= 15 is 0 Å². The van der Waals surface area contributed by atoms with Crippen LogP contribution < -0.4 is 5.32 Å². The number of nitrogens with zero attached hydrogens (tertiary/aromatic N) is 2. The molecule has 0 spiro atoms. The zero-order valence-corrected chi connectivity index (χ0v) is 11.6. The van der Waals surface area contributed by atoms with Gasteiger partial charge in [0.15, 0.2) is 0 Å². The van der Waals surface area contributed by atoms with E-state index in [2.05, 4.69) is 41.2 Å². The van der Waals surface area contributed by atoms with E-state index in [0.29, 0.717) is 12.1 Å². The second kappa shape index (κ2) is 6.86. The van der Waals surface area contributed by atoms with E-state index in [4.69, 9.17) is 0 Å². The Morgan fingerprint density at radius 2 is 2.06 bits per heavy atom. The number of aromatic nitrogens is 1. The summed E-state index contributed by atoms with van der Waals surface area (Å²) in [5, 5.41) is 3.68. The van der Waals surface area contributed by atoms with Crippen LogP contribution >= 0.6 is 0 Å². The molecule has 3 nitrogen and oxygen atoms in total. The molecule has 2 rings (SSSR count). The minimum absolute atomic E-state index is 0.668. The summed E-state index contributed by atoms with van der Waals surface area (Å²) >= 11 is 0. The summed E-state index contributed by atoms with van der Waals surface area (Å²) < 4.78 is 0. The van der Waals surface area contributed by atoms with Gasteiger partial charge in [-0.3, -0.25) is 4.98 Å². The van der Waals surface area contributed by atoms with Crippen molar-refractivity contribution in [3.63, 3.8) is 0 Å². The van der Waals surface area contributed by atoms with Crippen LogP contribution in [0.15, 0.2) is 24.5 Å². The Balaban J connectivity index is 1.77. The third-order valence-corrected chi connectivity index (χ3v) is 3.84. The predicted molar refractivity (Wildman–Crippen MR) is 75.4 cm³/mol. The highest BCUT2D eigenvalue weighted by molar-refractivity contribution is 5.09.